The standard InChI is InChI=1S/C11H10FNO/c12-11-6-9(3-1-2-4-14)5-10(7-11)8-13/h1,3,5-7,14H,2,4H2. The van der Waals surface area contributed by atoms with E-state index in [9.17, 15) is 4.39 Å². The van der Waals surface area contributed by atoms with E-state index in [0.717, 1.165) is 0 Å². The summed E-state index contributed by atoms with van der Waals surface area (Å²) in [5, 5.41) is 17.1. The van der Waals surface area contributed by atoms with E-state index in [4.69, 9.17) is 10.4 Å². The summed E-state index contributed by atoms with van der Waals surface area (Å²) >= 11 is 0. The molecule has 0 saturated heterocycles. The fourth-order valence-electron chi connectivity index (χ4n) is 1.07. The van der Waals surface area contributed by atoms with Gasteiger partial charge in [0.15, 0.2) is 0 Å². The Bertz CT molecular complexity index is 379. The van der Waals surface area contributed by atoms with E-state index >= 15 is 0 Å². The molecule has 0 atom stereocenters. The number of aliphatic hydroxyl groups is 1. The first-order chi connectivity index (χ1) is 6.76. The molecular formula is C11H10FNO. The minimum atomic E-state index is -0.423. The second kappa shape index (κ2) is 5.15. The van der Waals surface area contributed by atoms with Crippen LogP contribution in [-0.4, -0.2) is 11.7 Å². The van der Waals surface area contributed by atoms with Gasteiger partial charge in [0.2, 0.25) is 0 Å². The lowest BCUT2D eigenvalue weighted by atomic mass is 10.1. The molecule has 72 valence electrons. The highest BCUT2D eigenvalue weighted by molar-refractivity contribution is 5.52. The number of hydrogen-bond acceptors (Lipinski definition) is 2. The van der Waals surface area contributed by atoms with Crippen LogP contribution < -0.4 is 0 Å². The van der Waals surface area contributed by atoms with Crippen LogP contribution in [0, 0.1) is 17.1 Å². The van der Waals surface area contributed by atoms with Crippen molar-refractivity contribution in [1.82, 2.24) is 0 Å². The molecule has 1 aromatic carbocycles. The van der Waals surface area contributed by atoms with Crippen LogP contribution >= 0.6 is 0 Å². The maximum absolute atomic E-state index is 12.9. The highest BCUT2D eigenvalue weighted by atomic mass is 19.1. The van der Waals surface area contributed by atoms with Gasteiger partial charge in [-0.3, -0.25) is 0 Å². The third kappa shape index (κ3) is 3.00. The lowest BCUT2D eigenvalue weighted by Gasteiger charge is -1.95. The molecule has 0 aliphatic rings. The molecule has 0 heterocycles. The van der Waals surface area contributed by atoms with Gasteiger partial charge in [-0.25, -0.2) is 4.39 Å². The number of nitrogens with zero attached hydrogens (tertiary/aromatic N) is 1. The summed E-state index contributed by atoms with van der Waals surface area (Å²) in [6, 6.07) is 6.00. The maximum atomic E-state index is 12.9. The van der Waals surface area contributed by atoms with Crippen LogP contribution in [0.2, 0.25) is 0 Å². The van der Waals surface area contributed by atoms with Gasteiger partial charge in [0.1, 0.15) is 5.82 Å². The second-order valence-corrected chi connectivity index (χ2v) is 2.80. The minimum absolute atomic E-state index is 0.0664. The zero-order valence-corrected chi connectivity index (χ0v) is 7.57. The molecule has 3 heteroatoms. The lowest BCUT2D eigenvalue weighted by molar-refractivity contribution is 0.303. The SMILES string of the molecule is N#Cc1cc(F)cc(C=CCCO)c1. The van der Waals surface area contributed by atoms with Crippen LogP contribution in [0.5, 0.6) is 0 Å². The van der Waals surface area contributed by atoms with Gasteiger partial charge in [-0.15, -0.1) is 0 Å². The molecule has 14 heavy (non-hydrogen) atoms. The van der Waals surface area contributed by atoms with E-state index in [-0.39, 0.29) is 6.61 Å². The zero-order chi connectivity index (χ0) is 10.4. The second-order valence-electron chi connectivity index (χ2n) is 2.80. The van der Waals surface area contributed by atoms with Crippen LogP contribution in [0.25, 0.3) is 6.08 Å². The van der Waals surface area contributed by atoms with Gasteiger partial charge in [-0.05, 0) is 30.2 Å². The summed E-state index contributed by atoms with van der Waals surface area (Å²) in [6.07, 6.45) is 3.94. The summed E-state index contributed by atoms with van der Waals surface area (Å²) < 4.78 is 12.9. The maximum Gasteiger partial charge on any atom is 0.125 e. The molecule has 0 aromatic heterocycles. The number of nitriles is 1. The van der Waals surface area contributed by atoms with Crippen LogP contribution in [0.1, 0.15) is 17.5 Å². The van der Waals surface area contributed by atoms with Gasteiger partial charge in [0.25, 0.3) is 0 Å². The Morgan fingerprint density at radius 2 is 2.21 bits per heavy atom. The molecule has 0 fully saturated rings. The molecule has 0 bridgehead atoms. The van der Waals surface area contributed by atoms with Crippen molar-refractivity contribution in [3.8, 4) is 6.07 Å². The Labute approximate surface area is 81.9 Å². The van der Waals surface area contributed by atoms with Crippen molar-refractivity contribution in [3.05, 3.63) is 41.2 Å². The van der Waals surface area contributed by atoms with E-state index in [1.807, 2.05) is 6.07 Å². The summed E-state index contributed by atoms with van der Waals surface area (Å²) in [6.45, 7) is 0.0664. The van der Waals surface area contributed by atoms with Gasteiger partial charge in [-0.1, -0.05) is 12.2 Å². The van der Waals surface area contributed by atoms with Crippen molar-refractivity contribution in [2.45, 2.75) is 6.42 Å². The molecule has 0 unspecified atom stereocenters. The third-order valence-corrected chi connectivity index (χ3v) is 1.66. The van der Waals surface area contributed by atoms with Gasteiger partial charge in [0, 0.05) is 6.61 Å². The molecule has 0 spiro atoms. The van der Waals surface area contributed by atoms with E-state index in [1.54, 1.807) is 18.2 Å². The smallest absolute Gasteiger partial charge is 0.125 e. The van der Waals surface area contributed by atoms with E-state index < -0.39 is 5.82 Å². The number of hydrogen-bond donors (Lipinski definition) is 1. The largest absolute Gasteiger partial charge is 0.396 e. The van der Waals surface area contributed by atoms with E-state index in [1.165, 1.54) is 12.1 Å². The lowest BCUT2D eigenvalue weighted by Crippen LogP contribution is -1.82. The molecule has 0 aliphatic heterocycles. The Kier molecular flexibility index (Phi) is 3.84. The predicted molar refractivity (Wildman–Crippen MR) is 51.9 cm³/mol. The van der Waals surface area contributed by atoms with Crippen LogP contribution in [-0.2, 0) is 0 Å². The van der Waals surface area contributed by atoms with Crippen molar-refractivity contribution < 1.29 is 9.50 Å². The van der Waals surface area contributed by atoms with Gasteiger partial charge in [-0.2, -0.15) is 5.26 Å². The number of aliphatic hydroxyl groups excluding tert-OH is 1. The average Bonchev–Trinajstić information content (AvgIpc) is 2.17. The quantitative estimate of drug-likeness (QED) is 0.795. The Morgan fingerprint density at radius 1 is 1.43 bits per heavy atom. The molecule has 1 N–H and O–H groups in total. The Morgan fingerprint density at radius 3 is 2.86 bits per heavy atom. The molecular weight excluding hydrogens is 181 g/mol. The first-order valence-electron chi connectivity index (χ1n) is 4.24. The van der Waals surface area contributed by atoms with Crippen LogP contribution in [0.15, 0.2) is 24.3 Å². The molecule has 0 aliphatic carbocycles. The molecule has 0 radical (unpaired) electrons. The molecule has 2 nitrogen and oxygen atoms in total. The van der Waals surface area contributed by atoms with Crippen molar-refractivity contribution in [2.24, 2.45) is 0 Å². The predicted octanol–water partition coefficient (Wildman–Crippen LogP) is 2.09. The normalized spacial score (nSPS) is 10.4. The monoisotopic (exact) mass is 191 g/mol. The number of benzene rings is 1. The first kappa shape index (κ1) is 10.4. The summed E-state index contributed by atoms with van der Waals surface area (Å²) in [5.41, 5.74) is 0.934. The van der Waals surface area contributed by atoms with Gasteiger partial charge in [0.05, 0.1) is 11.6 Å². The Hall–Kier alpha value is -1.66. The first-order valence-corrected chi connectivity index (χ1v) is 4.24. The highest BCUT2D eigenvalue weighted by Crippen LogP contribution is 2.10. The topological polar surface area (TPSA) is 44.0 Å². The van der Waals surface area contributed by atoms with Gasteiger partial charge < -0.3 is 5.11 Å². The molecule has 0 amide bonds. The fourth-order valence-corrected chi connectivity index (χ4v) is 1.07. The minimum Gasteiger partial charge on any atom is -0.396 e. The molecule has 1 rings (SSSR count). The van der Waals surface area contributed by atoms with Crippen LogP contribution in [0.4, 0.5) is 4.39 Å². The molecule has 1 aromatic rings. The van der Waals surface area contributed by atoms with Crippen molar-refractivity contribution in [1.29, 1.82) is 5.26 Å². The number of rotatable bonds is 3. The third-order valence-electron chi connectivity index (χ3n) is 1.66. The van der Waals surface area contributed by atoms with Crippen molar-refractivity contribution in [3.63, 3.8) is 0 Å². The summed E-state index contributed by atoms with van der Waals surface area (Å²) in [4.78, 5) is 0. The highest BCUT2D eigenvalue weighted by Gasteiger charge is 1.96. The van der Waals surface area contributed by atoms with Gasteiger partial charge >= 0.3 is 0 Å². The van der Waals surface area contributed by atoms with Crippen LogP contribution in [0.3, 0.4) is 0 Å². The average molecular weight is 191 g/mol. The summed E-state index contributed by atoms with van der Waals surface area (Å²) in [7, 11) is 0. The van der Waals surface area contributed by atoms with Crippen molar-refractivity contribution >= 4 is 6.08 Å². The summed E-state index contributed by atoms with van der Waals surface area (Å²) in [5.74, 6) is -0.423. The fraction of sp³-hybridized carbons (Fsp3) is 0.182. The molecule has 0 saturated carbocycles. The zero-order valence-electron chi connectivity index (χ0n) is 7.57. The number of halogens is 1. The van der Waals surface area contributed by atoms with Crippen molar-refractivity contribution in [2.75, 3.05) is 6.61 Å². The van der Waals surface area contributed by atoms with E-state index in [0.29, 0.717) is 17.5 Å². The Balaban J connectivity index is 2.88. The van der Waals surface area contributed by atoms with E-state index in [2.05, 4.69) is 0 Å².